The number of aromatic nitrogens is 2. The van der Waals surface area contributed by atoms with E-state index in [1.165, 1.54) is 37.2 Å². The van der Waals surface area contributed by atoms with E-state index in [4.69, 9.17) is 0 Å². The summed E-state index contributed by atoms with van der Waals surface area (Å²) >= 11 is 0. The molecule has 0 radical (unpaired) electrons. The zero-order valence-electron chi connectivity index (χ0n) is 20.5. The van der Waals surface area contributed by atoms with Crippen molar-refractivity contribution in [2.75, 3.05) is 37.3 Å². The largest absolute Gasteiger partial charge is 0.369 e. The van der Waals surface area contributed by atoms with Crippen molar-refractivity contribution in [1.82, 2.24) is 14.5 Å². The number of anilines is 1. The maximum Gasteiger partial charge on any atom is 0.175 e. The zero-order valence-corrected chi connectivity index (χ0v) is 21.3. The first-order valence-electron chi connectivity index (χ1n) is 12.3. The molecule has 1 atom stereocenters. The summed E-state index contributed by atoms with van der Waals surface area (Å²) in [4.78, 5) is 9.72. The third-order valence-corrected chi connectivity index (χ3v) is 8.80. The van der Waals surface area contributed by atoms with E-state index in [0.717, 1.165) is 54.1 Å². The average molecular weight is 505 g/mol. The molecule has 186 valence electrons. The number of benzene rings is 2. The number of sulfone groups is 1. The number of fused-ring (bicyclic) bond motifs is 2. The van der Waals surface area contributed by atoms with E-state index in [1.807, 2.05) is 23.9 Å². The summed E-state index contributed by atoms with van der Waals surface area (Å²) in [6.45, 7) is 4.55. The summed E-state index contributed by atoms with van der Waals surface area (Å²) in [5, 5.41) is 0. The van der Waals surface area contributed by atoms with E-state index < -0.39 is 15.7 Å². The Morgan fingerprint density at radius 2 is 1.78 bits per heavy atom. The average Bonchev–Trinajstić information content (AvgIpc) is 3.47. The van der Waals surface area contributed by atoms with Crippen LogP contribution in [0.15, 0.2) is 65.7 Å². The van der Waals surface area contributed by atoms with Crippen LogP contribution < -0.4 is 4.90 Å². The summed E-state index contributed by atoms with van der Waals surface area (Å²) < 4.78 is 40.3. The van der Waals surface area contributed by atoms with Gasteiger partial charge in [-0.1, -0.05) is 12.1 Å². The minimum absolute atomic E-state index is 0.0310. The molecule has 0 N–H and O–H groups in total. The molecule has 0 bridgehead atoms. The maximum absolute atomic E-state index is 14.9. The normalized spacial score (nSPS) is 18.6. The molecule has 0 aliphatic carbocycles. The van der Waals surface area contributed by atoms with Crippen molar-refractivity contribution < 1.29 is 12.8 Å². The van der Waals surface area contributed by atoms with Crippen molar-refractivity contribution in [1.29, 1.82) is 0 Å². The van der Waals surface area contributed by atoms with Crippen molar-refractivity contribution in [2.45, 2.75) is 23.8 Å². The molecular weight excluding hydrogens is 475 g/mol. The fourth-order valence-electron chi connectivity index (χ4n) is 5.64. The number of pyridine rings is 1. The summed E-state index contributed by atoms with van der Waals surface area (Å²) in [5.74, 6) is -0.571. The van der Waals surface area contributed by atoms with Gasteiger partial charge in [0.15, 0.2) is 9.84 Å². The van der Waals surface area contributed by atoms with Crippen molar-refractivity contribution in [3.05, 3.63) is 66.6 Å². The Balaban J connectivity index is 1.29. The predicted octanol–water partition coefficient (Wildman–Crippen LogP) is 4.73. The monoisotopic (exact) mass is 504 g/mol. The van der Waals surface area contributed by atoms with Gasteiger partial charge in [-0.05, 0) is 67.4 Å². The van der Waals surface area contributed by atoms with Crippen LogP contribution in [0.2, 0.25) is 0 Å². The summed E-state index contributed by atoms with van der Waals surface area (Å²) in [7, 11) is -1.60. The lowest BCUT2D eigenvalue weighted by Gasteiger charge is -2.38. The van der Waals surface area contributed by atoms with E-state index in [1.54, 1.807) is 0 Å². The Labute approximate surface area is 210 Å². The highest BCUT2D eigenvalue weighted by Gasteiger charge is 2.30. The second-order valence-electron chi connectivity index (χ2n) is 9.96. The quantitative estimate of drug-likeness (QED) is 0.402. The summed E-state index contributed by atoms with van der Waals surface area (Å²) in [6.07, 6.45) is 5.53. The van der Waals surface area contributed by atoms with Gasteiger partial charge in [-0.3, -0.25) is 9.88 Å². The number of piperazine rings is 1. The Morgan fingerprint density at radius 1 is 0.972 bits per heavy atom. The number of hydrogen-bond donors (Lipinski definition) is 0. The van der Waals surface area contributed by atoms with Crippen LogP contribution in [0.5, 0.6) is 0 Å². The molecule has 4 aromatic rings. The van der Waals surface area contributed by atoms with Gasteiger partial charge in [0.25, 0.3) is 0 Å². The van der Waals surface area contributed by atoms with Gasteiger partial charge in [-0.2, -0.15) is 0 Å². The lowest BCUT2D eigenvalue weighted by atomic mass is 10.1. The molecule has 36 heavy (non-hydrogen) atoms. The van der Waals surface area contributed by atoms with Gasteiger partial charge in [-0.15, -0.1) is 0 Å². The molecule has 0 saturated carbocycles. The molecule has 0 amide bonds. The van der Waals surface area contributed by atoms with E-state index >= 15 is 0 Å². The van der Waals surface area contributed by atoms with E-state index in [0.29, 0.717) is 17.3 Å². The maximum atomic E-state index is 14.9. The first-order valence-corrected chi connectivity index (χ1v) is 14.2. The second kappa shape index (κ2) is 8.71. The first kappa shape index (κ1) is 23.2. The van der Waals surface area contributed by atoms with E-state index in [9.17, 15) is 12.8 Å². The minimum atomic E-state index is -3.47. The second-order valence-corrected chi connectivity index (χ2v) is 12.0. The molecule has 2 aliphatic rings. The van der Waals surface area contributed by atoms with Crippen LogP contribution in [0.4, 0.5) is 10.1 Å². The van der Waals surface area contributed by atoms with Crippen LogP contribution in [0.25, 0.3) is 33.4 Å². The third kappa shape index (κ3) is 4.08. The van der Waals surface area contributed by atoms with Crippen LogP contribution in [0, 0.1) is 5.82 Å². The standard InChI is InChI=1S/C28H29FN4O2S/c1-31-27(24-10-9-23(15-25(24)29)36(2,34)35)16-26-28(31)14-20(17-30-26)19-5-7-21(8-6-19)33-13-12-32-11-3-4-22(32)18-33/h5-10,14-17,22H,3-4,11-13,18H2,1-2H3. The number of aryl methyl sites for hydroxylation is 1. The van der Waals surface area contributed by atoms with Gasteiger partial charge < -0.3 is 9.47 Å². The van der Waals surface area contributed by atoms with Crippen molar-refractivity contribution in [3.8, 4) is 22.4 Å². The minimum Gasteiger partial charge on any atom is -0.369 e. The Kier molecular flexibility index (Phi) is 5.61. The van der Waals surface area contributed by atoms with Gasteiger partial charge >= 0.3 is 0 Å². The highest BCUT2D eigenvalue weighted by Crippen LogP contribution is 2.32. The molecule has 6 rings (SSSR count). The van der Waals surface area contributed by atoms with E-state index in [-0.39, 0.29) is 4.90 Å². The van der Waals surface area contributed by atoms with Crippen LogP contribution in [0.1, 0.15) is 12.8 Å². The SMILES string of the molecule is Cn1c(-c2ccc(S(C)(=O)=O)cc2F)cc2ncc(-c3ccc(N4CCN5CCCC5C4)cc3)cc21. The molecule has 2 fully saturated rings. The van der Waals surface area contributed by atoms with Crippen molar-refractivity contribution in [2.24, 2.45) is 7.05 Å². The fraction of sp³-hybridized carbons (Fsp3) is 0.321. The highest BCUT2D eigenvalue weighted by molar-refractivity contribution is 7.90. The fourth-order valence-corrected chi connectivity index (χ4v) is 6.27. The topological polar surface area (TPSA) is 58.4 Å². The Bertz CT molecular complexity index is 1560. The van der Waals surface area contributed by atoms with Crippen LogP contribution >= 0.6 is 0 Å². The van der Waals surface area contributed by atoms with Gasteiger partial charge in [-0.25, -0.2) is 12.8 Å². The van der Waals surface area contributed by atoms with E-state index in [2.05, 4.69) is 45.1 Å². The lowest BCUT2D eigenvalue weighted by Crippen LogP contribution is -2.50. The molecule has 0 spiro atoms. The van der Waals surface area contributed by atoms with Gasteiger partial charge in [0.2, 0.25) is 0 Å². The molecule has 8 heteroatoms. The summed E-state index contributed by atoms with van der Waals surface area (Å²) in [6, 6.07) is 17.3. The van der Waals surface area contributed by atoms with Gasteiger partial charge in [0.1, 0.15) is 5.82 Å². The Morgan fingerprint density at radius 3 is 2.53 bits per heavy atom. The molecule has 2 aromatic heterocycles. The van der Waals surface area contributed by atoms with Crippen LogP contribution in [-0.2, 0) is 16.9 Å². The molecule has 1 unspecified atom stereocenters. The lowest BCUT2D eigenvalue weighted by molar-refractivity contribution is 0.231. The number of hydrogen-bond acceptors (Lipinski definition) is 5. The molecule has 2 aromatic carbocycles. The summed E-state index contributed by atoms with van der Waals surface area (Å²) in [5.41, 5.74) is 5.97. The van der Waals surface area contributed by atoms with Crippen molar-refractivity contribution in [3.63, 3.8) is 0 Å². The zero-order chi connectivity index (χ0) is 25.0. The molecule has 6 nitrogen and oxygen atoms in total. The predicted molar refractivity (Wildman–Crippen MR) is 141 cm³/mol. The molecule has 4 heterocycles. The highest BCUT2D eigenvalue weighted by atomic mass is 32.2. The van der Waals surface area contributed by atoms with Crippen LogP contribution in [0.3, 0.4) is 0 Å². The Hall–Kier alpha value is -3.23. The third-order valence-electron chi connectivity index (χ3n) is 7.69. The van der Waals surface area contributed by atoms with Crippen molar-refractivity contribution >= 4 is 26.6 Å². The van der Waals surface area contributed by atoms with Gasteiger partial charge in [0.05, 0.1) is 21.6 Å². The molecule has 2 aliphatic heterocycles. The molecular formula is C28H29FN4O2S. The number of halogens is 1. The van der Waals surface area contributed by atoms with Gasteiger partial charge in [0, 0.05) is 62.0 Å². The molecule has 2 saturated heterocycles. The number of rotatable bonds is 4. The number of nitrogens with zero attached hydrogens (tertiary/aromatic N) is 4. The first-order chi connectivity index (χ1) is 17.3. The van der Waals surface area contributed by atoms with Crippen LogP contribution in [-0.4, -0.2) is 61.3 Å². The smallest absolute Gasteiger partial charge is 0.175 e.